The van der Waals surface area contributed by atoms with E-state index in [1.807, 2.05) is 18.2 Å². The van der Waals surface area contributed by atoms with Crippen LogP contribution in [-0.4, -0.2) is 4.57 Å². The van der Waals surface area contributed by atoms with Crippen molar-refractivity contribution in [3.05, 3.63) is 171 Å². The van der Waals surface area contributed by atoms with Gasteiger partial charge in [-0.05, 0) is 64.4 Å². The molecule has 2 heterocycles. The number of hydrogen-bond acceptors (Lipinski definition) is 1. The number of rotatable bonds is 3. The number of furan rings is 1. The van der Waals surface area contributed by atoms with E-state index in [4.69, 9.17) is 11.0 Å². The summed E-state index contributed by atoms with van der Waals surface area (Å²) in [7, 11) is 2.21. The number of benzene rings is 6. The van der Waals surface area contributed by atoms with Crippen molar-refractivity contribution in [1.82, 2.24) is 4.57 Å². The minimum Gasteiger partial charge on any atom is -0.456 e. The van der Waals surface area contributed by atoms with E-state index < -0.39 is 0 Å². The van der Waals surface area contributed by atoms with Crippen LogP contribution in [0.3, 0.4) is 0 Å². The van der Waals surface area contributed by atoms with Gasteiger partial charge in [0.05, 0.1) is 13.6 Å². The molecule has 49 heavy (non-hydrogen) atoms. The smallest absolute Gasteiger partial charge is 0.299 e. The van der Waals surface area contributed by atoms with Crippen molar-refractivity contribution in [3.63, 3.8) is 0 Å². The fourth-order valence-corrected chi connectivity index (χ4v) is 9.07. The fraction of sp³-hybridized carbons (Fsp3) is 0.156. The zero-order valence-electron chi connectivity index (χ0n) is 28.0. The van der Waals surface area contributed by atoms with Crippen LogP contribution in [0.2, 0.25) is 0 Å². The molecule has 0 atom stereocenters. The lowest BCUT2D eigenvalue weighted by Crippen LogP contribution is -2.31. The molecule has 3 aliphatic rings. The molecule has 11 rings (SSSR count). The summed E-state index contributed by atoms with van der Waals surface area (Å²) in [6.07, 6.45) is 0. The normalized spacial score (nSPS) is 15.9. The summed E-state index contributed by atoms with van der Waals surface area (Å²) in [4.78, 5) is 3.69. The fourth-order valence-electron chi connectivity index (χ4n) is 9.07. The van der Waals surface area contributed by atoms with E-state index in [9.17, 15) is 0 Å². The van der Waals surface area contributed by atoms with Gasteiger partial charge in [0, 0.05) is 33.7 Å². The molecule has 0 fully saturated rings. The van der Waals surface area contributed by atoms with Gasteiger partial charge in [-0.3, -0.25) is 0 Å². The number of fused-ring (bicyclic) bond motifs is 4. The van der Waals surface area contributed by atoms with Gasteiger partial charge in [-0.2, -0.15) is 4.57 Å². The molecule has 4 heteroatoms. The van der Waals surface area contributed by atoms with Crippen molar-refractivity contribution in [3.8, 4) is 17.1 Å². The molecule has 0 saturated heterocycles. The number of aromatic nitrogens is 2. The highest BCUT2D eigenvalue weighted by atomic mass is 16.3. The topological polar surface area (TPSA) is 26.3 Å². The lowest BCUT2D eigenvalue weighted by molar-refractivity contribution is -0.633. The summed E-state index contributed by atoms with van der Waals surface area (Å²) in [6.45, 7) is 14.4. The Morgan fingerprint density at radius 3 is 2.08 bits per heavy atom. The summed E-state index contributed by atoms with van der Waals surface area (Å²) >= 11 is 0. The Hall–Kier alpha value is -5.92. The Balaban J connectivity index is 1.39. The van der Waals surface area contributed by atoms with Gasteiger partial charge in [-0.1, -0.05) is 111 Å². The highest BCUT2D eigenvalue weighted by Crippen LogP contribution is 2.57. The number of hydrogen-bond donors (Lipinski definition) is 0. The van der Waals surface area contributed by atoms with Gasteiger partial charge in [-0.25, -0.2) is 9.41 Å². The first-order valence-electron chi connectivity index (χ1n) is 17.1. The third kappa shape index (κ3) is 3.65. The predicted octanol–water partition coefficient (Wildman–Crippen LogP) is 11.0. The van der Waals surface area contributed by atoms with Crippen molar-refractivity contribution in [2.75, 3.05) is 0 Å². The summed E-state index contributed by atoms with van der Waals surface area (Å²) in [5, 5.41) is 2.09. The van der Waals surface area contributed by atoms with Gasteiger partial charge in [-0.15, -0.1) is 0 Å². The van der Waals surface area contributed by atoms with Gasteiger partial charge < -0.3 is 4.42 Å². The molecule has 0 saturated carbocycles. The molecule has 2 aromatic heterocycles. The van der Waals surface area contributed by atoms with Crippen LogP contribution in [0.15, 0.2) is 120 Å². The monoisotopic (exact) mass is 632 g/mol. The molecule has 0 N–H and O–H groups in total. The number of aryl methyl sites for hydroxylation is 2. The molecule has 3 aliphatic carbocycles. The molecular weight excluding hydrogens is 599 g/mol. The van der Waals surface area contributed by atoms with E-state index >= 15 is 0 Å². The van der Waals surface area contributed by atoms with E-state index in [-0.39, 0.29) is 11.8 Å². The van der Waals surface area contributed by atoms with Crippen molar-refractivity contribution < 1.29 is 8.98 Å². The van der Waals surface area contributed by atoms with Crippen LogP contribution < -0.4 is 4.57 Å². The SMILES string of the molecule is [C-]#[N+]c1ccc2c(c1)oc1c(-c3n(-c4ccccc4C(C)C)c4c5c(ccc4[n+]3C)C3c4ccccc4C5c4ccccc43)c(C)ccc12. The first-order chi connectivity index (χ1) is 24.0. The maximum atomic E-state index is 7.61. The Morgan fingerprint density at radius 2 is 1.39 bits per heavy atom. The van der Waals surface area contributed by atoms with Gasteiger partial charge >= 0.3 is 0 Å². The number of nitrogens with zero attached hydrogens (tertiary/aromatic N) is 3. The maximum absolute atomic E-state index is 7.61. The predicted molar refractivity (Wildman–Crippen MR) is 197 cm³/mol. The second kappa shape index (κ2) is 10.0. The number of imidazole rings is 1. The maximum Gasteiger partial charge on any atom is 0.299 e. The summed E-state index contributed by atoms with van der Waals surface area (Å²) < 4.78 is 11.7. The standard InChI is InChI=1S/C45H34N3O/c1-25(2)28-12-10-11-17-36(28)48-43-37(23-22-35-40-30-13-6-8-15-32(30)41(42(35)43)33-16-9-7-14-31(33)40)47(5)45(48)39-26(3)18-20-34-29-21-19-27(46-4)24-38(29)49-44(34)39/h6-25,40-41H,1-3,5H3/q+1. The average molecular weight is 633 g/mol. The van der Waals surface area contributed by atoms with E-state index in [2.05, 4.69) is 139 Å². The molecule has 0 amide bonds. The lowest BCUT2D eigenvalue weighted by Gasteiger charge is -2.41. The van der Waals surface area contributed by atoms with Crippen LogP contribution in [-0.2, 0) is 7.05 Å². The third-order valence-corrected chi connectivity index (χ3v) is 11.2. The van der Waals surface area contributed by atoms with Gasteiger partial charge in [0.15, 0.2) is 22.3 Å². The van der Waals surface area contributed by atoms with Crippen molar-refractivity contribution in [2.24, 2.45) is 7.05 Å². The molecule has 6 aromatic carbocycles. The van der Waals surface area contributed by atoms with Crippen LogP contribution in [0.25, 0.3) is 54.9 Å². The Kier molecular flexibility index (Phi) is 5.77. The highest BCUT2D eigenvalue weighted by Gasteiger charge is 2.45. The Morgan fingerprint density at radius 1 is 0.735 bits per heavy atom. The van der Waals surface area contributed by atoms with E-state index in [1.165, 1.54) is 55.7 Å². The van der Waals surface area contributed by atoms with Crippen LogP contribution in [0.4, 0.5) is 5.69 Å². The minimum atomic E-state index is 0.124. The first kappa shape index (κ1) is 28.1. The lowest BCUT2D eigenvalue weighted by atomic mass is 9.61. The first-order valence-corrected chi connectivity index (χ1v) is 17.1. The molecule has 0 unspecified atom stereocenters. The van der Waals surface area contributed by atoms with Crippen molar-refractivity contribution in [2.45, 2.75) is 38.5 Å². The van der Waals surface area contributed by atoms with Crippen molar-refractivity contribution in [1.29, 1.82) is 0 Å². The highest BCUT2D eigenvalue weighted by molar-refractivity contribution is 6.10. The second-order valence-electron chi connectivity index (χ2n) is 14.0. The van der Waals surface area contributed by atoms with Crippen LogP contribution >= 0.6 is 0 Å². The Labute approximate surface area is 285 Å². The van der Waals surface area contributed by atoms with Gasteiger partial charge in [0.1, 0.15) is 16.8 Å². The third-order valence-electron chi connectivity index (χ3n) is 11.2. The molecule has 0 spiro atoms. The average Bonchev–Trinajstić information content (AvgIpc) is 3.65. The summed E-state index contributed by atoms with van der Waals surface area (Å²) in [5.74, 6) is 1.72. The van der Waals surface area contributed by atoms with Gasteiger partial charge in [0.25, 0.3) is 5.82 Å². The van der Waals surface area contributed by atoms with Crippen LogP contribution in [0.1, 0.15) is 76.1 Å². The van der Waals surface area contributed by atoms with E-state index in [0.29, 0.717) is 11.6 Å². The van der Waals surface area contributed by atoms with Crippen LogP contribution in [0.5, 0.6) is 0 Å². The second-order valence-corrected chi connectivity index (χ2v) is 14.0. The van der Waals surface area contributed by atoms with Gasteiger partial charge in [0.2, 0.25) is 0 Å². The molecule has 4 nitrogen and oxygen atoms in total. The molecule has 0 aliphatic heterocycles. The van der Waals surface area contributed by atoms with E-state index in [0.717, 1.165) is 38.9 Å². The number of para-hydroxylation sites is 1. The molecule has 8 aromatic rings. The van der Waals surface area contributed by atoms with E-state index in [1.54, 1.807) is 0 Å². The summed E-state index contributed by atoms with van der Waals surface area (Å²) in [5.41, 5.74) is 17.8. The zero-order valence-corrected chi connectivity index (χ0v) is 28.0. The van der Waals surface area contributed by atoms with Crippen LogP contribution in [0, 0.1) is 13.5 Å². The zero-order chi connectivity index (χ0) is 33.1. The molecular formula is C45H34N3O+. The molecule has 0 radical (unpaired) electrons. The summed E-state index contributed by atoms with van der Waals surface area (Å²) in [6, 6.07) is 41.9. The minimum absolute atomic E-state index is 0.124. The quantitative estimate of drug-likeness (QED) is 0.141. The largest absolute Gasteiger partial charge is 0.456 e. The Bertz CT molecular complexity index is 2700. The van der Waals surface area contributed by atoms with Crippen molar-refractivity contribution >= 4 is 38.7 Å². The molecule has 234 valence electrons. The molecule has 2 bridgehead atoms.